The van der Waals surface area contributed by atoms with Crippen molar-refractivity contribution in [3.05, 3.63) is 11.4 Å². The molecule has 2 aliphatic heterocycles. The van der Waals surface area contributed by atoms with Crippen molar-refractivity contribution >= 4 is 5.91 Å². The summed E-state index contributed by atoms with van der Waals surface area (Å²) in [4.78, 5) is 17.1. The van der Waals surface area contributed by atoms with Gasteiger partial charge in [0.1, 0.15) is 11.4 Å². The van der Waals surface area contributed by atoms with Gasteiger partial charge in [-0.15, -0.1) is 0 Å². The van der Waals surface area contributed by atoms with Crippen molar-refractivity contribution in [2.45, 2.75) is 57.6 Å². The van der Waals surface area contributed by atoms with Gasteiger partial charge in [0, 0.05) is 44.6 Å². The second-order valence-electron chi connectivity index (χ2n) is 8.10. The smallest absolute Gasteiger partial charge is 0.225 e. The summed E-state index contributed by atoms with van der Waals surface area (Å²) >= 11 is 0. The van der Waals surface area contributed by atoms with E-state index in [2.05, 4.69) is 15.2 Å². The van der Waals surface area contributed by atoms with E-state index >= 15 is 0 Å². The lowest BCUT2D eigenvalue weighted by Crippen LogP contribution is -2.61. The fourth-order valence-electron chi connectivity index (χ4n) is 4.75. The molecule has 4 rings (SSSR count). The van der Waals surface area contributed by atoms with Gasteiger partial charge in [0.2, 0.25) is 5.91 Å². The number of hydrogen-bond acceptors (Lipinski definition) is 6. The van der Waals surface area contributed by atoms with Crippen LogP contribution in [0.3, 0.4) is 0 Å². The van der Waals surface area contributed by atoms with Crippen LogP contribution < -0.4 is 0 Å². The Morgan fingerprint density at radius 3 is 2.72 bits per heavy atom. The average molecular weight is 348 g/mol. The summed E-state index contributed by atoms with van der Waals surface area (Å²) in [6.45, 7) is 5.60. The first-order valence-electron chi connectivity index (χ1n) is 9.57. The molecular weight excluding hydrogens is 320 g/mol. The number of nitrogens with zero attached hydrogens (tertiary/aromatic N) is 4. The van der Waals surface area contributed by atoms with Crippen molar-refractivity contribution < 1.29 is 14.5 Å². The van der Waals surface area contributed by atoms with E-state index in [0.29, 0.717) is 32.0 Å². The molecule has 0 spiro atoms. The Balaban J connectivity index is 1.41. The van der Waals surface area contributed by atoms with E-state index in [1.807, 2.05) is 11.8 Å². The van der Waals surface area contributed by atoms with Gasteiger partial charge < -0.3 is 10.0 Å². The fraction of sp³-hybridized carbons (Fsp3) is 0.833. The second-order valence-corrected chi connectivity index (χ2v) is 8.10. The lowest BCUT2D eigenvalue weighted by atomic mass is 9.75. The zero-order valence-electron chi connectivity index (χ0n) is 15.0. The van der Waals surface area contributed by atoms with Crippen molar-refractivity contribution in [3.8, 4) is 0 Å². The molecule has 7 nitrogen and oxygen atoms in total. The molecule has 0 bridgehead atoms. The van der Waals surface area contributed by atoms with Crippen molar-refractivity contribution in [3.63, 3.8) is 0 Å². The molecule has 1 aromatic heterocycles. The first-order chi connectivity index (χ1) is 12.0. The van der Waals surface area contributed by atoms with Crippen LogP contribution in [0.15, 0.2) is 4.63 Å². The molecule has 0 radical (unpaired) electrons. The standard InChI is InChI=1S/C18H28N4O3/c1-13-16(20-25-19-13)12-21-8-6-18(24)7-9-22(11-15(18)10-21)17(23)14-4-2-3-5-14/h14-15,24H,2-12H2,1H3/t15-,18-/m1/s1. The van der Waals surface area contributed by atoms with Gasteiger partial charge in [-0.2, -0.15) is 0 Å². The van der Waals surface area contributed by atoms with E-state index in [-0.39, 0.29) is 11.8 Å². The molecule has 0 aromatic carbocycles. The number of carbonyl (C=O) groups excluding carboxylic acids is 1. The highest BCUT2D eigenvalue weighted by Crippen LogP contribution is 2.37. The van der Waals surface area contributed by atoms with E-state index < -0.39 is 5.60 Å². The second kappa shape index (κ2) is 6.68. The molecular formula is C18H28N4O3. The Hall–Kier alpha value is -1.47. The Morgan fingerprint density at radius 2 is 2.00 bits per heavy atom. The van der Waals surface area contributed by atoms with E-state index in [0.717, 1.165) is 43.7 Å². The molecule has 2 atom stereocenters. The van der Waals surface area contributed by atoms with Crippen LogP contribution in [0.5, 0.6) is 0 Å². The van der Waals surface area contributed by atoms with Crippen molar-refractivity contribution in [2.24, 2.45) is 11.8 Å². The molecule has 3 fully saturated rings. The van der Waals surface area contributed by atoms with Gasteiger partial charge in [-0.1, -0.05) is 23.2 Å². The summed E-state index contributed by atoms with van der Waals surface area (Å²) in [6.07, 6.45) is 5.89. The minimum atomic E-state index is -0.625. The number of piperidine rings is 2. The highest BCUT2D eigenvalue weighted by atomic mass is 16.6. The predicted octanol–water partition coefficient (Wildman–Crippen LogP) is 1.35. The Labute approximate surface area is 148 Å². The van der Waals surface area contributed by atoms with Crippen LogP contribution in [-0.2, 0) is 11.3 Å². The Morgan fingerprint density at radius 1 is 1.24 bits per heavy atom. The van der Waals surface area contributed by atoms with Gasteiger partial charge in [-0.25, -0.2) is 4.63 Å². The molecule has 1 aromatic rings. The molecule has 3 aliphatic rings. The molecule has 3 heterocycles. The van der Waals surface area contributed by atoms with Crippen molar-refractivity contribution in [2.75, 3.05) is 26.2 Å². The number of rotatable bonds is 3. The molecule has 1 saturated carbocycles. The van der Waals surface area contributed by atoms with Gasteiger partial charge in [0.05, 0.1) is 5.60 Å². The highest BCUT2D eigenvalue weighted by Gasteiger charge is 2.46. The van der Waals surface area contributed by atoms with E-state index in [1.165, 1.54) is 12.8 Å². The van der Waals surface area contributed by atoms with Crippen molar-refractivity contribution in [1.82, 2.24) is 20.1 Å². The maximum Gasteiger partial charge on any atom is 0.225 e. The number of aromatic nitrogens is 2. The molecule has 1 aliphatic carbocycles. The Kier molecular flexibility index (Phi) is 4.54. The zero-order chi connectivity index (χ0) is 17.4. The van der Waals surface area contributed by atoms with Gasteiger partial charge >= 0.3 is 0 Å². The first kappa shape index (κ1) is 17.0. The number of amides is 1. The molecule has 0 unspecified atom stereocenters. The van der Waals surface area contributed by atoms with E-state index in [4.69, 9.17) is 4.63 Å². The third-order valence-corrected chi connectivity index (χ3v) is 6.49. The molecule has 138 valence electrons. The highest BCUT2D eigenvalue weighted by molar-refractivity contribution is 5.79. The van der Waals surface area contributed by atoms with Crippen LogP contribution in [-0.4, -0.2) is 62.9 Å². The summed E-state index contributed by atoms with van der Waals surface area (Å²) in [7, 11) is 0. The van der Waals surface area contributed by atoms with Gasteiger partial charge in [0.15, 0.2) is 0 Å². The van der Waals surface area contributed by atoms with Gasteiger partial charge in [-0.05, 0) is 32.6 Å². The minimum absolute atomic E-state index is 0.112. The summed E-state index contributed by atoms with van der Waals surface area (Å²) in [5, 5.41) is 18.9. The molecule has 2 saturated heterocycles. The summed E-state index contributed by atoms with van der Waals surface area (Å²) in [6, 6.07) is 0. The Bertz CT molecular complexity index is 628. The molecule has 1 N–H and O–H groups in total. The van der Waals surface area contributed by atoms with Gasteiger partial charge in [0.25, 0.3) is 0 Å². The SMILES string of the molecule is Cc1nonc1CN1CC[C@@]2(O)CCN(C(=O)C3CCCC3)C[C@H]2C1. The summed E-state index contributed by atoms with van der Waals surface area (Å²) in [5.74, 6) is 0.642. The number of likely N-dealkylation sites (tertiary alicyclic amines) is 2. The predicted molar refractivity (Wildman–Crippen MR) is 90.5 cm³/mol. The number of aliphatic hydroxyl groups is 1. The third kappa shape index (κ3) is 3.31. The molecule has 7 heteroatoms. The van der Waals surface area contributed by atoms with Crippen LogP contribution in [0.2, 0.25) is 0 Å². The number of carbonyl (C=O) groups is 1. The van der Waals surface area contributed by atoms with Crippen LogP contribution in [0.25, 0.3) is 0 Å². The number of hydrogen-bond donors (Lipinski definition) is 1. The quantitative estimate of drug-likeness (QED) is 0.888. The fourth-order valence-corrected chi connectivity index (χ4v) is 4.75. The zero-order valence-corrected chi connectivity index (χ0v) is 15.0. The maximum absolute atomic E-state index is 12.8. The van der Waals surface area contributed by atoms with Crippen LogP contribution >= 0.6 is 0 Å². The first-order valence-corrected chi connectivity index (χ1v) is 9.57. The summed E-state index contributed by atoms with van der Waals surface area (Å²) in [5.41, 5.74) is 1.06. The lowest BCUT2D eigenvalue weighted by Gasteiger charge is -2.50. The normalized spacial score (nSPS) is 31.3. The van der Waals surface area contributed by atoms with Crippen LogP contribution in [0.1, 0.15) is 49.9 Å². The molecule has 25 heavy (non-hydrogen) atoms. The molecule has 1 amide bonds. The topological polar surface area (TPSA) is 82.7 Å². The lowest BCUT2D eigenvalue weighted by molar-refractivity contribution is -0.150. The average Bonchev–Trinajstić information content (AvgIpc) is 3.27. The number of fused-ring (bicyclic) bond motifs is 1. The largest absolute Gasteiger partial charge is 0.389 e. The minimum Gasteiger partial charge on any atom is -0.389 e. The van der Waals surface area contributed by atoms with Gasteiger partial charge in [-0.3, -0.25) is 9.69 Å². The van der Waals surface area contributed by atoms with Crippen LogP contribution in [0.4, 0.5) is 0 Å². The van der Waals surface area contributed by atoms with Crippen molar-refractivity contribution in [1.29, 1.82) is 0 Å². The van der Waals surface area contributed by atoms with Crippen LogP contribution in [0, 0.1) is 18.8 Å². The monoisotopic (exact) mass is 348 g/mol. The third-order valence-electron chi connectivity index (χ3n) is 6.49. The van der Waals surface area contributed by atoms with E-state index in [1.54, 1.807) is 0 Å². The number of aryl methyl sites for hydroxylation is 1. The maximum atomic E-state index is 12.8. The van der Waals surface area contributed by atoms with E-state index in [9.17, 15) is 9.90 Å². The summed E-state index contributed by atoms with van der Waals surface area (Å²) < 4.78 is 4.79.